The van der Waals surface area contributed by atoms with Crippen LogP contribution >= 0.6 is 11.8 Å². The van der Waals surface area contributed by atoms with Crippen LogP contribution in [0.5, 0.6) is 0 Å². The monoisotopic (exact) mass is 460 g/mol. The number of aromatic amines is 1. The quantitative estimate of drug-likeness (QED) is 0.474. The Balaban J connectivity index is 1.57. The van der Waals surface area contributed by atoms with Crippen LogP contribution in [0.25, 0.3) is 10.9 Å². The molecule has 1 aliphatic rings. The predicted octanol–water partition coefficient (Wildman–Crippen LogP) is 3.51. The molecule has 2 aromatic heterocycles. The maximum Gasteiger partial charge on any atom is 0.253 e. The smallest absolute Gasteiger partial charge is 0.253 e. The molecule has 170 valence electrons. The summed E-state index contributed by atoms with van der Waals surface area (Å²) < 4.78 is 1.86. The minimum Gasteiger partial charge on any atom is -0.321 e. The fourth-order valence-corrected chi connectivity index (χ4v) is 5.46. The molecule has 0 aliphatic carbocycles. The molecule has 0 unspecified atom stereocenters. The molecule has 1 fully saturated rings. The second kappa shape index (κ2) is 9.49. The molecular formula is C25H28N6OS. The number of thioether (sulfide) groups is 1. The van der Waals surface area contributed by atoms with E-state index < -0.39 is 0 Å². The summed E-state index contributed by atoms with van der Waals surface area (Å²) in [6.45, 7) is 6.57. The number of tetrazole rings is 1. The van der Waals surface area contributed by atoms with Gasteiger partial charge in [-0.3, -0.25) is 9.69 Å². The number of pyridine rings is 1. The first kappa shape index (κ1) is 21.9. The molecule has 1 atom stereocenters. The number of aromatic nitrogens is 5. The van der Waals surface area contributed by atoms with Crippen LogP contribution in [0.3, 0.4) is 0 Å². The number of nitrogens with zero attached hydrogens (tertiary/aromatic N) is 5. The third kappa shape index (κ3) is 4.45. The zero-order valence-electron chi connectivity index (χ0n) is 19.0. The SMILES string of the molecule is Cc1ccc2cc([C@H](c3nnnn3CCc3ccccc3)N3CCSCC3)c(=O)[nH]c2c1C. The third-order valence-electron chi connectivity index (χ3n) is 6.54. The van der Waals surface area contributed by atoms with E-state index in [1.807, 2.05) is 40.7 Å². The van der Waals surface area contributed by atoms with Gasteiger partial charge in [0, 0.05) is 36.7 Å². The lowest BCUT2D eigenvalue weighted by atomic mass is 10.00. The van der Waals surface area contributed by atoms with E-state index >= 15 is 0 Å². The van der Waals surface area contributed by atoms with Crippen molar-refractivity contribution in [2.45, 2.75) is 32.9 Å². The highest BCUT2D eigenvalue weighted by Crippen LogP contribution is 2.30. The molecule has 0 saturated carbocycles. The average Bonchev–Trinajstić information content (AvgIpc) is 3.31. The second-order valence-electron chi connectivity index (χ2n) is 8.57. The van der Waals surface area contributed by atoms with Gasteiger partial charge in [-0.1, -0.05) is 42.5 Å². The normalized spacial score (nSPS) is 15.7. The van der Waals surface area contributed by atoms with Gasteiger partial charge in [-0.15, -0.1) is 5.10 Å². The van der Waals surface area contributed by atoms with Gasteiger partial charge >= 0.3 is 0 Å². The van der Waals surface area contributed by atoms with Gasteiger partial charge in [0.25, 0.3) is 5.56 Å². The van der Waals surface area contributed by atoms with Crippen LogP contribution in [0.15, 0.2) is 53.3 Å². The van der Waals surface area contributed by atoms with Crippen LogP contribution in [-0.4, -0.2) is 54.7 Å². The van der Waals surface area contributed by atoms with Crippen LogP contribution in [0.4, 0.5) is 0 Å². The molecule has 1 saturated heterocycles. The van der Waals surface area contributed by atoms with E-state index in [1.165, 1.54) is 11.1 Å². The maximum atomic E-state index is 13.4. The summed E-state index contributed by atoms with van der Waals surface area (Å²) in [6, 6.07) is 16.3. The first-order chi connectivity index (χ1) is 16.1. The molecular weight excluding hydrogens is 432 g/mol. The Morgan fingerprint density at radius 2 is 1.88 bits per heavy atom. The summed E-state index contributed by atoms with van der Waals surface area (Å²) in [5.41, 5.74) is 5.04. The van der Waals surface area contributed by atoms with Gasteiger partial charge in [-0.2, -0.15) is 11.8 Å². The van der Waals surface area contributed by atoms with E-state index in [9.17, 15) is 4.79 Å². The number of aryl methyl sites for hydroxylation is 4. The van der Waals surface area contributed by atoms with Crippen molar-refractivity contribution in [3.8, 4) is 0 Å². The molecule has 5 rings (SSSR count). The van der Waals surface area contributed by atoms with Crippen molar-refractivity contribution >= 4 is 22.7 Å². The Labute approximate surface area is 197 Å². The average molecular weight is 461 g/mol. The summed E-state index contributed by atoms with van der Waals surface area (Å²) in [5, 5.41) is 13.8. The molecule has 0 amide bonds. The van der Waals surface area contributed by atoms with Gasteiger partial charge in [0.2, 0.25) is 0 Å². The molecule has 7 nitrogen and oxygen atoms in total. The Kier molecular flexibility index (Phi) is 6.28. The van der Waals surface area contributed by atoms with Crippen LogP contribution < -0.4 is 5.56 Å². The number of rotatable bonds is 6. The second-order valence-corrected chi connectivity index (χ2v) is 9.80. The molecule has 0 radical (unpaired) electrons. The number of benzene rings is 2. The van der Waals surface area contributed by atoms with Crippen molar-refractivity contribution in [1.29, 1.82) is 0 Å². The molecule has 33 heavy (non-hydrogen) atoms. The van der Waals surface area contributed by atoms with Gasteiger partial charge in [-0.05, 0) is 58.8 Å². The van der Waals surface area contributed by atoms with Crippen molar-refractivity contribution < 1.29 is 0 Å². The topological polar surface area (TPSA) is 79.7 Å². The summed E-state index contributed by atoms with van der Waals surface area (Å²) in [7, 11) is 0. The number of hydrogen-bond acceptors (Lipinski definition) is 6. The van der Waals surface area contributed by atoms with Crippen molar-refractivity contribution in [1.82, 2.24) is 30.1 Å². The lowest BCUT2D eigenvalue weighted by molar-refractivity contribution is 0.233. The first-order valence-electron chi connectivity index (χ1n) is 11.4. The van der Waals surface area contributed by atoms with Crippen LogP contribution in [-0.2, 0) is 13.0 Å². The Bertz CT molecular complexity index is 1310. The molecule has 1 aliphatic heterocycles. The zero-order chi connectivity index (χ0) is 22.8. The zero-order valence-corrected chi connectivity index (χ0v) is 19.8. The van der Waals surface area contributed by atoms with Gasteiger partial charge in [0.05, 0.1) is 5.52 Å². The lowest BCUT2D eigenvalue weighted by Crippen LogP contribution is -2.40. The molecule has 0 spiro atoms. The fourth-order valence-electron chi connectivity index (χ4n) is 4.53. The molecule has 0 bridgehead atoms. The molecule has 3 heterocycles. The number of H-pyrrole nitrogens is 1. The van der Waals surface area contributed by atoms with E-state index in [1.54, 1.807) is 0 Å². The van der Waals surface area contributed by atoms with Crippen molar-refractivity contribution in [3.63, 3.8) is 0 Å². The van der Waals surface area contributed by atoms with Gasteiger partial charge in [0.1, 0.15) is 6.04 Å². The highest BCUT2D eigenvalue weighted by molar-refractivity contribution is 7.99. The Hall–Kier alpha value is -2.97. The highest BCUT2D eigenvalue weighted by Gasteiger charge is 2.31. The van der Waals surface area contributed by atoms with Crippen molar-refractivity contribution in [3.05, 3.63) is 87.0 Å². The minimum absolute atomic E-state index is 0.0722. The molecule has 1 N–H and O–H groups in total. The molecule has 8 heteroatoms. The lowest BCUT2D eigenvalue weighted by Gasteiger charge is -2.33. The van der Waals surface area contributed by atoms with Crippen molar-refractivity contribution in [2.75, 3.05) is 24.6 Å². The summed E-state index contributed by atoms with van der Waals surface area (Å²) in [5.74, 6) is 2.80. The van der Waals surface area contributed by atoms with Gasteiger partial charge < -0.3 is 4.98 Å². The van der Waals surface area contributed by atoms with Crippen molar-refractivity contribution in [2.24, 2.45) is 0 Å². The van der Waals surface area contributed by atoms with Gasteiger partial charge in [-0.25, -0.2) is 4.68 Å². The standard InChI is InChI=1S/C25H28N6OS/c1-17-8-9-20-16-21(25(32)26-22(20)18(17)2)23(30-12-14-33-15-13-30)24-27-28-29-31(24)11-10-19-6-4-3-5-7-19/h3-9,16,23H,10-15H2,1-2H3,(H,26,32)/t23-/m1/s1. The summed E-state index contributed by atoms with van der Waals surface area (Å²) in [4.78, 5) is 18.9. The third-order valence-corrected chi connectivity index (χ3v) is 7.49. The summed E-state index contributed by atoms with van der Waals surface area (Å²) in [6.07, 6.45) is 0.827. The first-order valence-corrected chi connectivity index (χ1v) is 12.5. The Morgan fingerprint density at radius 1 is 1.09 bits per heavy atom. The number of nitrogens with one attached hydrogen (secondary N) is 1. The maximum absolute atomic E-state index is 13.4. The summed E-state index contributed by atoms with van der Waals surface area (Å²) >= 11 is 1.94. The van der Waals surface area contributed by atoms with E-state index in [-0.39, 0.29) is 11.6 Å². The largest absolute Gasteiger partial charge is 0.321 e. The van der Waals surface area contributed by atoms with E-state index in [0.29, 0.717) is 12.1 Å². The predicted molar refractivity (Wildman–Crippen MR) is 133 cm³/mol. The van der Waals surface area contributed by atoms with E-state index in [0.717, 1.165) is 53.3 Å². The number of fused-ring (bicyclic) bond motifs is 1. The van der Waals surface area contributed by atoms with Crippen LogP contribution in [0.2, 0.25) is 0 Å². The van der Waals surface area contributed by atoms with Gasteiger partial charge in [0.15, 0.2) is 5.82 Å². The fraction of sp³-hybridized carbons (Fsp3) is 0.360. The molecule has 4 aromatic rings. The molecule has 2 aromatic carbocycles. The highest BCUT2D eigenvalue weighted by atomic mass is 32.2. The van der Waals surface area contributed by atoms with Crippen LogP contribution in [0, 0.1) is 13.8 Å². The minimum atomic E-state index is -0.286. The Morgan fingerprint density at radius 3 is 2.67 bits per heavy atom. The van der Waals surface area contributed by atoms with E-state index in [4.69, 9.17) is 0 Å². The van der Waals surface area contributed by atoms with E-state index in [2.05, 4.69) is 63.5 Å². The number of hydrogen-bond donors (Lipinski definition) is 1. The van der Waals surface area contributed by atoms with Crippen LogP contribution in [0.1, 0.15) is 34.1 Å².